The number of hydrogen-bond donors (Lipinski definition) is 3. The average Bonchev–Trinajstić information content (AvgIpc) is 2.38. The Hall–Kier alpha value is -1.38. The van der Waals surface area contributed by atoms with E-state index in [0.717, 1.165) is 0 Å². The summed E-state index contributed by atoms with van der Waals surface area (Å²) in [6.07, 6.45) is -1.49. The molecule has 0 aliphatic rings. The number of aliphatic hydroxyl groups is 1. The number of carbonyl (C=O) groups is 2. The fourth-order valence-corrected chi connectivity index (χ4v) is 1.11. The van der Waals surface area contributed by atoms with E-state index in [1.807, 2.05) is 6.92 Å². The van der Waals surface area contributed by atoms with Crippen LogP contribution in [-0.2, 0) is 19.0 Å². The van der Waals surface area contributed by atoms with Gasteiger partial charge in [-0.2, -0.15) is 0 Å². The van der Waals surface area contributed by atoms with E-state index in [1.165, 1.54) is 7.11 Å². The molecule has 0 aliphatic heterocycles. The second kappa shape index (κ2) is 10.5. The number of aliphatic carboxylic acids is 1. The minimum Gasteiger partial charge on any atom is -0.481 e. The second-order valence-electron chi connectivity index (χ2n) is 3.68. The van der Waals surface area contributed by atoms with Gasteiger partial charge in [-0.15, -0.1) is 0 Å². The highest BCUT2D eigenvalue weighted by molar-refractivity contribution is 5.70. The van der Waals surface area contributed by atoms with E-state index in [1.54, 1.807) is 0 Å². The van der Waals surface area contributed by atoms with Crippen LogP contribution in [0.5, 0.6) is 0 Å². The minimum atomic E-state index is -1.01. The summed E-state index contributed by atoms with van der Waals surface area (Å²) in [6, 6.07) is 0. The van der Waals surface area contributed by atoms with Crippen LogP contribution in [0, 0.1) is 0 Å². The van der Waals surface area contributed by atoms with E-state index in [-0.39, 0.29) is 32.3 Å². The Kier molecular flexibility index (Phi) is 9.77. The zero-order valence-electron chi connectivity index (χ0n) is 11.1. The van der Waals surface area contributed by atoms with Crippen molar-refractivity contribution in [1.29, 1.82) is 0 Å². The van der Waals surface area contributed by atoms with Gasteiger partial charge in [-0.3, -0.25) is 4.79 Å². The molecule has 0 saturated carbocycles. The van der Waals surface area contributed by atoms with Crippen molar-refractivity contribution >= 4 is 12.1 Å². The van der Waals surface area contributed by atoms with Crippen molar-refractivity contribution in [3.8, 4) is 0 Å². The number of carboxylic acids is 1. The number of alkyl carbamates (subject to hydrolysis) is 1. The molecule has 8 nitrogen and oxygen atoms in total. The van der Waals surface area contributed by atoms with Crippen molar-refractivity contribution in [2.75, 3.05) is 26.9 Å². The molecule has 0 saturated heterocycles. The lowest BCUT2D eigenvalue weighted by Gasteiger charge is -2.21. The van der Waals surface area contributed by atoms with Gasteiger partial charge in [0.05, 0.1) is 19.1 Å². The maximum Gasteiger partial charge on any atom is 0.407 e. The molecule has 0 bridgehead atoms. The van der Waals surface area contributed by atoms with Crippen LogP contribution >= 0.6 is 0 Å². The number of rotatable bonds is 10. The molecule has 0 spiro atoms. The van der Waals surface area contributed by atoms with Crippen molar-refractivity contribution in [3.05, 3.63) is 0 Å². The van der Waals surface area contributed by atoms with Gasteiger partial charge in [0, 0.05) is 13.7 Å². The molecule has 3 N–H and O–H groups in total. The first-order valence-electron chi connectivity index (χ1n) is 5.95. The van der Waals surface area contributed by atoms with Gasteiger partial charge in [-0.25, -0.2) is 4.79 Å². The van der Waals surface area contributed by atoms with Gasteiger partial charge in [-0.05, 0) is 6.42 Å². The molecule has 0 aromatic carbocycles. The van der Waals surface area contributed by atoms with Crippen LogP contribution < -0.4 is 5.32 Å². The predicted octanol–water partition coefficient (Wildman–Crippen LogP) is -0.0527. The Labute approximate surface area is 111 Å². The van der Waals surface area contributed by atoms with Crippen molar-refractivity contribution < 1.29 is 34.0 Å². The Morgan fingerprint density at radius 1 is 1.37 bits per heavy atom. The Balaban J connectivity index is 3.86. The van der Waals surface area contributed by atoms with Crippen molar-refractivity contribution in [2.45, 2.75) is 32.2 Å². The van der Waals surface area contributed by atoms with E-state index in [2.05, 4.69) is 5.32 Å². The first-order chi connectivity index (χ1) is 9.03. The van der Waals surface area contributed by atoms with Crippen LogP contribution in [0.3, 0.4) is 0 Å². The molecule has 0 heterocycles. The van der Waals surface area contributed by atoms with Crippen molar-refractivity contribution in [2.24, 2.45) is 0 Å². The molecule has 0 fully saturated rings. The monoisotopic (exact) mass is 279 g/mol. The van der Waals surface area contributed by atoms with E-state index in [0.29, 0.717) is 6.42 Å². The minimum absolute atomic E-state index is 0.0130. The summed E-state index contributed by atoms with van der Waals surface area (Å²) in [5.41, 5.74) is 0. The Morgan fingerprint density at radius 2 is 2.05 bits per heavy atom. The summed E-state index contributed by atoms with van der Waals surface area (Å²) in [4.78, 5) is 21.4. The molecule has 0 radical (unpaired) electrons. The van der Waals surface area contributed by atoms with E-state index in [4.69, 9.17) is 24.4 Å². The third kappa shape index (κ3) is 9.23. The lowest BCUT2D eigenvalue weighted by molar-refractivity contribution is -0.181. The smallest absolute Gasteiger partial charge is 0.407 e. The number of methoxy groups -OCH3 is 1. The molecule has 8 heteroatoms. The van der Waals surface area contributed by atoms with Crippen LogP contribution in [0.25, 0.3) is 0 Å². The molecule has 0 rings (SSSR count). The van der Waals surface area contributed by atoms with Crippen molar-refractivity contribution in [3.63, 3.8) is 0 Å². The zero-order valence-corrected chi connectivity index (χ0v) is 11.1. The fraction of sp³-hybridized carbons (Fsp3) is 0.818. The lowest BCUT2D eigenvalue weighted by Crippen LogP contribution is -2.34. The molecule has 112 valence electrons. The highest BCUT2D eigenvalue weighted by Gasteiger charge is 2.16. The van der Waals surface area contributed by atoms with Crippen LogP contribution in [0.1, 0.15) is 19.8 Å². The lowest BCUT2D eigenvalue weighted by atomic mass is 10.3. The van der Waals surface area contributed by atoms with Gasteiger partial charge in [0.2, 0.25) is 0 Å². The van der Waals surface area contributed by atoms with Crippen LogP contribution in [0.4, 0.5) is 4.79 Å². The van der Waals surface area contributed by atoms with Gasteiger partial charge < -0.3 is 29.7 Å². The fourth-order valence-electron chi connectivity index (χ4n) is 1.11. The van der Waals surface area contributed by atoms with Crippen LogP contribution in [-0.4, -0.2) is 61.5 Å². The molecular formula is C11H21NO7. The molecule has 1 amide bonds. The first kappa shape index (κ1) is 17.6. The third-order valence-corrected chi connectivity index (χ3v) is 2.22. The summed E-state index contributed by atoms with van der Waals surface area (Å²) in [7, 11) is 1.39. The van der Waals surface area contributed by atoms with Gasteiger partial charge in [-0.1, -0.05) is 6.92 Å². The Bertz CT molecular complexity index is 268. The number of hydrogen-bond acceptors (Lipinski definition) is 6. The predicted molar refractivity (Wildman–Crippen MR) is 64.7 cm³/mol. The SMILES string of the molecule is CC[C@H](CO)OC(COC(=O)NCCC(=O)O)OC. The molecular weight excluding hydrogens is 258 g/mol. The Morgan fingerprint density at radius 3 is 2.53 bits per heavy atom. The summed E-state index contributed by atoms with van der Waals surface area (Å²) >= 11 is 0. The van der Waals surface area contributed by atoms with Gasteiger partial charge >= 0.3 is 12.1 Å². The summed E-state index contributed by atoms with van der Waals surface area (Å²) in [5.74, 6) is -1.01. The van der Waals surface area contributed by atoms with Crippen LogP contribution in [0.15, 0.2) is 0 Å². The van der Waals surface area contributed by atoms with Gasteiger partial charge in [0.1, 0.15) is 6.61 Å². The van der Waals surface area contributed by atoms with Crippen molar-refractivity contribution in [1.82, 2.24) is 5.32 Å². The third-order valence-electron chi connectivity index (χ3n) is 2.22. The van der Waals surface area contributed by atoms with Gasteiger partial charge in [0.15, 0.2) is 6.29 Å². The largest absolute Gasteiger partial charge is 0.481 e. The normalized spacial score (nSPS) is 13.6. The number of nitrogens with one attached hydrogen (secondary N) is 1. The number of aliphatic hydroxyl groups excluding tert-OH is 1. The number of ether oxygens (including phenoxy) is 3. The summed E-state index contributed by atoms with van der Waals surface area (Å²) < 4.78 is 15.1. The molecule has 0 aliphatic carbocycles. The highest BCUT2D eigenvalue weighted by Crippen LogP contribution is 2.04. The first-order valence-corrected chi connectivity index (χ1v) is 5.95. The highest BCUT2D eigenvalue weighted by atomic mass is 16.7. The van der Waals surface area contributed by atoms with Gasteiger partial charge in [0.25, 0.3) is 0 Å². The van der Waals surface area contributed by atoms with Crippen LogP contribution in [0.2, 0.25) is 0 Å². The summed E-state index contributed by atoms with van der Waals surface area (Å²) in [5, 5.41) is 19.6. The quantitative estimate of drug-likeness (QED) is 0.480. The zero-order chi connectivity index (χ0) is 14.7. The molecule has 0 aromatic rings. The number of carbonyl (C=O) groups excluding carboxylic acids is 1. The number of amides is 1. The second-order valence-corrected chi connectivity index (χ2v) is 3.68. The van der Waals surface area contributed by atoms with E-state index >= 15 is 0 Å². The number of carboxylic acid groups (broad SMARTS) is 1. The molecule has 19 heavy (non-hydrogen) atoms. The topological polar surface area (TPSA) is 114 Å². The summed E-state index contributed by atoms with van der Waals surface area (Å²) in [6.45, 7) is 1.53. The molecule has 2 atom stereocenters. The molecule has 0 aromatic heterocycles. The standard InChI is InChI=1S/C11H21NO7/c1-3-8(6-13)19-10(17-2)7-18-11(16)12-5-4-9(14)15/h8,10,13H,3-7H2,1-2H3,(H,12,16)(H,14,15)/t8-,10?/m1/s1. The maximum absolute atomic E-state index is 11.2. The average molecular weight is 279 g/mol. The molecule has 1 unspecified atom stereocenters. The maximum atomic E-state index is 11.2. The van der Waals surface area contributed by atoms with E-state index in [9.17, 15) is 9.59 Å². The van der Waals surface area contributed by atoms with E-state index < -0.39 is 18.4 Å².